The molecule has 0 aromatic heterocycles. The highest BCUT2D eigenvalue weighted by Gasteiger charge is 2.38. The molecule has 0 spiro atoms. The molecule has 1 N–H and O–H groups in total. The van der Waals surface area contributed by atoms with Gasteiger partial charge in [-0.15, -0.1) is 0 Å². The van der Waals surface area contributed by atoms with Gasteiger partial charge in [-0.05, 0) is 19.1 Å². The maximum Gasteiger partial charge on any atom is 0.331 e. The van der Waals surface area contributed by atoms with Gasteiger partial charge in [-0.3, -0.25) is 0 Å². The lowest BCUT2D eigenvalue weighted by Crippen LogP contribution is -2.40. The zero-order chi connectivity index (χ0) is 10.2. The number of carboxylic acid groups (broad SMARTS) is 1. The zero-order valence-corrected chi connectivity index (χ0v) is 7.95. The Bertz CT molecular complexity index is 329. The van der Waals surface area contributed by atoms with Crippen molar-refractivity contribution in [1.29, 1.82) is 0 Å². The van der Waals surface area contributed by atoms with Crippen molar-refractivity contribution in [3.05, 3.63) is 23.5 Å². The lowest BCUT2D eigenvalue weighted by atomic mass is 9.89. The predicted octanol–water partition coefficient (Wildman–Crippen LogP) is 1.09. The lowest BCUT2D eigenvalue weighted by Gasteiger charge is -2.37. The van der Waals surface area contributed by atoms with Crippen molar-refractivity contribution < 1.29 is 19.4 Å². The number of carbonyl (C=O) groups is 1. The molecule has 0 saturated carbocycles. The molecule has 1 heterocycles. The molecular formula is C10H12O4. The molecule has 1 atom stereocenters. The first-order valence-corrected chi connectivity index (χ1v) is 4.53. The molecule has 0 aromatic rings. The number of ether oxygens (including phenoxy) is 2. The predicted molar refractivity (Wildman–Crippen MR) is 48.7 cm³/mol. The average molecular weight is 196 g/mol. The van der Waals surface area contributed by atoms with Crippen molar-refractivity contribution in [2.45, 2.75) is 18.9 Å². The van der Waals surface area contributed by atoms with Gasteiger partial charge in [0.1, 0.15) is 18.0 Å². The Morgan fingerprint density at radius 3 is 3.00 bits per heavy atom. The van der Waals surface area contributed by atoms with Gasteiger partial charge in [0.15, 0.2) is 0 Å². The van der Waals surface area contributed by atoms with E-state index in [4.69, 9.17) is 14.6 Å². The highest BCUT2D eigenvalue weighted by Crippen LogP contribution is 2.35. The standard InChI is InChI=1S/C10H12O4/c1-10-6-7(9(11)12)2-3-8(10)13-4-5-14-10/h2-3H,4-6H2,1H3,(H,11,12). The van der Waals surface area contributed by atoms with Crippen LogP contribution in [0.1, 0.15) is 13.3 Å². The van der Waals surface area contributed by atoms with Crippen molar-refractivity contribution in [2.24, 2.45) is 0 Å². The molecular weight excluding hydrogens is 184 g/mol. The summed E-state index contributed by atoms with van der Waals surface area (Å²) < 4.78 is 11.0. The van der Waals surface area contributed by atoms with Crippen LogP contribution < -0.4 is 0 Å². The van der Waals surface area contributed by atoms with Gasteiger partial charge < -0.3 is 14.6 Å². The summed E-state index contributed by atoms with van der Waals surface area (Å²) in [6, 6.07) is 0. The van der Waals surface area contributed by atoms with Crippen LogP contribution in [0.4, 0.5) is 0 Å². The smallest absolute Gasteiger partial charge is 0.331 e. The molecule has 4 nitrogen and oxygen atoms in total. The topological polar surface area (TPSA) is 55.8 Å². The minimum atomic E-state index is -0.893. The molecule has 0 bridgehead atoms. The lowest BCUT2D eigenvalue weighted by molar-refractivity contribution is -0.135. The SMILES string of the molecule is CC12CC(C(=O)O)=CC=C1OCCO2. The Kier molecular flexibility index (Phi) is 2.07. The van der Waals surface area contributed by atoms with Crippen LogP contribution >= 0.6 is 0 Å². The maximum absolute atomic E-state index is 10.8. The number of rotatable bonds is 1. The highest BCUT2D eigenvalue weighted by molar-refractivity contribution is 5.87. The number of hydrogen-bond donors (Lipinski definition) is 1. The first-order valence-electron chi connectivity index (χ1n) is 4.53. The van der Waals surface area contributed by atoms with Gasteiger partial charge in [0.25, 0.3) is 0 Å². The molecule has 1 aliphatic heterocycles. The van der Waals surface area contributed by atoms with E-state index >= 15 is 0 Å². The molecule has 2 aliphatic rings. The molecule has 76 valence electrons. The van der Waals surface area contributed by atoms with Crippen LogP contribution in [-0.2, 0) is 14.3 Å². The summed E-state index contributed by atoms with van der Waals surface area (Å²) in [5, 5.41) is 8.85. The fraction of sp³-hybridized carbons (Fsp3) is 0.500. The van der Waals surface area contributed by atoms with E-state index in [0.717, 1.165) is 5.76 Å². The molecule has 2 rings (SSSR count). The Morgan fingerprint density at radius 1 is 1.50 bits per heavy atom. The highest BCUT2D eigenvalue weighted by atomic mass is 16.6. The summed E-state index contributed by atoms with van der Waals surface area (Å²) in [6.07, 6.45) is 3.63. The van der Waals surface area contributed by atoms with Crippen LogP contribution in [0.25, 0.3) is 0 Å². The summed E-state index contributed by atoms with van der Waals surface area (Å²) in [4.78, 5) is 10.8. The summed E-state index contributed by atoms with van der Waals surface area (Å²) >= 11 is 0. The van der Waals surface area contributed by atoms with E-state index < -0.39 is 11.6 Å². The summed E-state index contributed by atoms with van der Waals surface area (Å²) in [5.41, 5.74) is -0.220. The van der Waals surface area contributed by atoms with Crippen molar-refractivity contribution in [3.8, 4) is 0 Å². The van der Waals surface area contributed by atoms with Crippen LogP contribution in [-0.4, -0.2) is 29.9 Å². The maximum atomic E-state index is 10.8. The number of fused-ring (bicyclic) bond motifs is 1. The van der Waals surface area contributed by atoms with Crippen molar-refractivity contribution in [1.82, 2.24) is 0 Å². The zero-order valence-electron chi connectivity index (χ0n) is 7.95. The third kappa shape index (κ3) is 1.42. The van der Waals surface area contributed by atoms with E-state index in [9.17, 15) is 4.79 Å². The average Bonchev–Trinajstić information content (AvgIpc) is 2.15. The first kappa shape index (κ1) is 9.27. The molecule has 0 aromatic carbocycles. The number of aliphatic carboxylic acids is 1. The normalized spacial score (nSPS) is 30.9. The summed E-state index contributed by atoms with van der Waals surface area (Å²) in [6.45, 7) is 2.91. The molecule has 1 unspecified atom stereocenters. The second-order valence-corrected chi connectivity index (χ2v) is 3.63. The van der Waals surface area contributed by atoms with Crippen molar-refractivity contribution in [3.63, 3.8) is 0 Å². The number of allylic oxidation sites excluding steroid dienone is 2. The second kappa shape index (κ2) is 3.13. The second-order valence-electron chi connectivity index (χ2n) is 3.63. The Labute approximate surface area is 81.8 Å². The van der Waals surface area contributed by atoms with Gasteiger partial charge in [-0.2, -0.15) is 0 Å². The fourth-order valence-electron chi connectivity index (χ4n) is 1.75. The van der Waals surface area contributed by atoms with Gasteiger partial charge >= 0.3 is 5.97 Å². The van der Waals surface area contributed by atoms with Crippen molar-refractivity contribution in [2.75, 3.05) is 13.2 Å². The Morgan fingerprint density at radius 2 is 2.29 bits per heavy atom. The molecule has 0 radical (unpaired) electrons. The largest absolute Gasteiger partial charge is 0.492 e. The first-order chi connectivity index (χ1) is 6.62. The van der Waals surface area contributed by atoms with Crippen molar-refractivity contribution >= 4 is 5.97 Å². The van der Waals surface area contributed by atoms with E-state index in [1.807, 2.05) is 6.92 Å². The van der Waals surface area contributed by atoms with Gasteiger partial charge in [0.05, 0.1) is 6.61 Å². The fourth-order valence-corrected chi connectivity index (χ4v) is 1.75. The third-order valence-electron chi connectivity index (χ3n) is 2.52. The van der Waals surface area contributed by atoms with Crippen LogP contribution in [0.2, 0.25) is 0 Å². The van der Waals surface area contributed by atoms with Crippen LogP contribution in [0, 0.1) is 0 Å². The Balaban J connectivity index is 2.29. The molecule has 1 aliphatic carbocycles. The Hall–Kier alpha value is -1.29. The van der Waals surface area contributed by atoms with Crippen LogP contribution in [0.5, 0.6) is 0 Å². The minimum Gasteiger partial charge on any atom is -0.492 e. The van der Waals surface area contributed by atoms with Gasteiger partial charge in [0, 0.05) is 12.0 Å². The van der Waals surface area contributed by atoms with E-state index in [2.05, 4.69) is 0 Å². The van der Waals surface area contributed by atoms with Crippen LogP contribution in [0.15, 0.2) is 23.5 Å². The van der Waals surface area contributed by atoms with Gasteiger partial charge in [-0.1, -0.05) is 0 Å². The van der Waals surface area contributed by atoms with Gasteiger partial charge in [0.2, 0.25) is 0 Å². The van der Waals surface area contributed by atoms with Crippen LogP contribution in [0.3, 0.4) is 0 Å². The van der Waals surface area contributed by atoms with E-state index in [1.165, 1.54) is 0 Å². The molecule has 1 saturated heterocycles. The quantitative estimate of drug-likeness (QED) is 0.682. The summed E-state index contributed by atoms with van der Waals surface area (Å²) in [5.74, 6) is -0.163. The molecule has 1 fully saturated rings. The minimum absolute atomic E-state index is 0.363. The molecule has 14 heavy (non-hydrogen) atoms. The van der Waals surface area contributed by atoms with E-state index in [0.29, 0.717) is 25.2 Å². The number of hydrogen-bond acceptors (Lipinski definition) is 3. The van der Waals surface area contributed by atoms with E-state index in [-0.39, 0.29) is 0 Å². The third-order valence-corrected chi connectivity index (χ3v) is 2.52. The van der Waals surface area contributed by atoms with E-state index in [1.54, 1.807) is 12.2 Å². The number of carboxylic acids is 1. The molecule has 4 heteroatoms. The summed E-state index contributed by atoms with van der Waals surface area (Å²) in [7, 11) is 0. The monoisotopic (exact) mass is 196 g/mol. The van der Waals surface area contributed by atoms with Gasteiger partial charge in [-0.25, -0.2) is 4.79 Å². The molecule has 0 amide bonds.